The number of halogens is 2. The zero-order valence-corrected chi connectivity index (χ0v) is 10.0. The van der Waals surface area contributed by atoms with Crippen molar-refractivity contribution in [2.24, 2.45) is 0 Å². The van der Waals surface area contributed by atoms with Crippen LogP contribution in [0, 0.1) is 11.6 Å². The highest BCUT2D eigenvalue weighted by atomic mass is 19.1. The van der Waals surface area contributed by atoms with Crippen LogP contribution < -0.4 is 0 Å². The summed E-state index contributed by atoms with van der Waals surface area (Å²) < 4.78 is 26.1. The lowest BCUT2D eigenvalue weighted by Crippen LogP contribution is -1.94. The minimum atomic E-state index is -0.543. The number of H-pyrrole nitrogens is 1. The lowest BCUT2D eigenvalue weighted by molar-refractivity contribution is 0.579. The number of hydrogen-bond donors (Lipinski definition) is 1. The van der Waals surface area contributed by atoms with E-state index in [4.69, 9.17) is 0 Å². The van der Waals surface area contributed by atoms with Crippen LogP contribution >= 0.6 is 0 Å². The normalized spacial score (nSPS) is 11.1. The Bertz CT molecular complexity index is 701. The van der Waals surface area contributed by atoms with Gasteiger partial charge in [-0.3, -0.25) is 5.10 Å². The molecule has 0 aliphatic heterocycles. The highest BCUT2D eigenvalue weighted by Gasteiger charge is 2.03. The number of aromatic nitrogens is 3. The van der Waals surface area contributed by atoms with Gasteiger partial charge in [-0.1, -0.05) is 0 Å². The van der Waals surface area contributed by atoms with E-state index in [0.717, 1.165) is 22.7 Å². The molecular formula is C14H11F2N3. The van der Waals surface area contributed by atoms with E-state index in [1.54, 1.807) is 12.4 Å². The van der Waals surface area contributed by atoms with Crippen LogP contribution in [0.25, 0.3) is 11.0 Å². The molecule has 2 aromatic heterocycles. The van der Waals surface area contributed by atoms with E-state index >= 15 is 0 Å². The summed E-state index contributed by atoms with van der Waals surface area (Å²) in [5, 5.41) is 7.61. The maximum absolute atomic E-state index is 13.1. The molecule has 0 unspecified atom stereocenters. The molecule has 0 saturated heterocycles. The number of pyridine rings is 1. The molecule has 1 N–H and O–H groups in total. The predicted octanol–water partition coefficient (Wildman–Crippen LogP) is 3.02. The third-order valence-electron chi connectivity index (χ3n) is 2.97. The van der Waals surface area contributed by atoms with Gasteiger partial charge in [0, 0.05) is 17.6 Å². The highest BCUT2D eigenvalue weighted by molar-refractivity contribution is 5.73. The van der Waals surface area contributed by atoms with Crippen molar-refractivity contribution in [1.29, 1.82) is 0 Å². The topological polar surface area (TPSA) is 41.6 Å². The van der Waals surface area contributed by atoms with E-state index in [0.29, 0.717) is 18.4 Å². The number of aromatic amines is 1. The monoisotopic (exact) mass is 259 g/mol. The second kappa shape index (κ2) is 4.76. The summed E-state index contributed by atoms with van der Waals surface area (Å²) in [4.78, 5) is 4.22. The van der Waals surface area contributed by atoms with Crippen LogP contribution in [0.1, 0.15) is 11.1 Å². The van der Waals surface area contributed by atoms with Gasteiger partial charge < -0.3 is 0 Å². The highest BCUT2D eigenvalue weighted by Crippen LogP contribution is 2.14. The molecule has 0 atom stereocenters. The summed E-state index contributed by atoms with van der Waals surface area (Å²) >= 11 is 0. The number of rotatable bonds is 3. The molecule has 0 amide bonds. The number of fused-ring (bicyclic) bond motifs is 1. The van der Waals surface area contributed by atoms with Crippen LogP contribution in [0.4, 0.5) is 8.78 Å². The number of nitrogens with zero attached hydrogens (tertiary/aromatic N) is 2. The van der Waals surface area contributed by atoms with Crippen molar-refractivity contribution in [3.05, 3.63) is 59.4 Å². The minimum absolute atomic E-state index is 0.543. The van der Waals surface area contributed by atoms with Crippen LogP contribution in [-0.2, 0) is 12.8 Å². The molecule has 0 fully saturated rings. The van der Waals surface area contributed by atoms with Gasteiger partial charge in [0.25, 0.3) is 0 Å². The summed E-state index contributed by atoms with van der Waals surface area (Å²) in [6.45, 7) is 0. The van der Waals surface area contributed by atoms with Gasteiger partial charge in [-0.2, -0.15) is 5.10 Å². The standard InChI is InChI=1S/C14H11F2N3/c15-12-4-9(5-13(16)6-12)1-2-10-3-11-8-18-19-14(11)17-7-10/h3-8H,1-2H2,(H,17,18,19). The van der Waals surface area contributed by atoms with Gasteiger partial charge in [0.1, 0.15) is 11.6 Å². The molecule has 5 heteroatoms. The maximum Gasteiger partial charge on any atom is 0.155 e. The third-order valence-corrected chi connectivity index (χ3v) is 2.97. The molecule has 96 valence electrons. The third kappa shape index (κ3) is 2.59. The number of nitrogens with one attached hydrogen (secondary N) is 1. The maximum atomic E-state index is 13.1. The first kappa shape index (κ1) is 11.8. The average Bonchev–Trinajstić information content (AvgIpc) is 2.82. The molecule has 0 spiro atoms. The largest absolute Gasteiger partial charge is 0.261 e. The first-order chi connectivity index (χ1) is 9.20. The molecule has 0 bridgehead atoms. The first-order valence-corrected chi connectivity index (χ1v) is 5.94. The summed E-state index contributed by atoms with van der Waals surface area (Å²) in [7, 11) is 0. The van der Waals surface area contributed by atoms with Crippen LogP contribution in [0.2, 0.25) is 0 Å². The zero-order valence-electron chi connectivity index (χ0n) is 10.0. The Morgan fingerprint density at radius 2 is 1.63 bits per heavy atom. The average molecular weight is 259 g/mol. The van der Waals surface area contributed by atoms with Gasteiger partial charge in [0.15, 0.2) is 5.65 Å². The Morgan fingerprint density at radius 3 is 2.42 bits per heavy atom. The molecule has 3 nitrogen and oxygen atoms in total. The van der Waals surface area contributed by atoms with E-state index < -0.39 is 11.6 Å². The van der Waals surface area contributed by atoms with Crippen LogP contribution in [-0.4, -0.2) is 15.2 Å². The number of aryl methyl sites for hydroxylation is 2. The van der Waals surface area contributed by atoms with Crippen molar-refractivity contribution in [3.63, 3.8) is 0 Å². The van der Waals surface area contributed by atoms with Gasteiger partial charge >= 0.3 is 0 Å². The van der Waals surface area contributed by atoms with Gasteiger partial charge in [0.2, 0.25) is 0 Å². The van der Waals surface area contributed by atoms with E-state index in [-0.39, 0.29) is 0 Å². The smallest absolute Gasteiger partial charge is 0.155 e. The Hall–Kier alpha value is -2.30. The summed E-state index contributed by atoms with van der Waals surface area (Å²) in [6.07, 6.45) is 4.70. The second-order valence-corrected chi connectivity index (χ2v) is 4.43. The summed E-state index contributed by atoms with van der Waals surface area (Å²) in [5.41, 5.74) is 2.39. The molecule has 1 aromatic carbocycles. The summed E-state index contributed by atoms with van der Waals surface area (Å²) in [6, 6.07) is 5.56. The van der Waals surface area contributed by atoms with Crippen molar-refractivity contribution in [1.82, 2.24) is 15.2 Å². The quantitative estimate of drug-likeness (QED) is 0.785. The Morgan fingerprint density at radius 1 is 0.895 bits per heavy atom. The Kier molecular flexibility index (Phi) is 2.95. The fourth-order valence-corrected chi connectivity index (χ4v) is 2.06. The predicted molar refractivity (Wildman–Crippen MR) is 67.7 cm³/mol. The lowest BCUT2D eigenvalue weighted by Gasteiger charge is -2.03. The van der Waals surface area contributed by atoms with E-state index in [9.17, 15) is 8.78 Å². The molecule has 0 saturated carbocycles. The van der Waals surface area contributed by atoms with Crippen LogP contribution in [0.3, 0.4) is 0 Å². The van der Waals surface area contributed by atoms with Crippen molar-refractivity contribution in [2.75, 3.05) is 0 Å². The summed E-state index contributed by atoms with van der Waals surface area (Å²) in [5.74, 6) is -1.09. The lowest BCUT2D eigenvalue weighted by atomic mass is 10.1. The van der Waals surface area contributed by atoms with E-state index in [2.05, 4.69) is 15.2 Å². The zero-order chi connectivity index (χ0) is 13.2. The fraction of sp³-hybridized carbons (Fsp3) is 0.143. The fourth-order valence-electron chi connectivity index (χ4n) is 2.06. The first-order valence-electron chi connectivity index (χ1n) is 5.94. The molecule has 0 aliphatic carbocycles. The van der Waals surface area contributed by atoms with Crippen molar-refractivity contribution >= 4 is 11.0 Å². The van der Waals surface area contributed by atoms with Crippen molar-refractivity contribution in [2.45, 2.75) is 12.8 Å². The Labute approximate surface area is 108 Å². The van der Waals surface area contributed by atoms with Gasteiger partial charge in [0.05, 0.1) is 6.20 Å². The molecule has 19 heavy (non-hydrogen) atoms. The van der Waals surface area contributed by atoms with Gasteiger partial charge in [-0.25, -0.2) is 13.8 Å². The van der Waals surface area contributed by atoms with E-state index in [1.165, 1.54) is 12.1 Å². The molecule has 3 aromatic rings. The van der Waals surface area contributed by atoms with Crippen LogP contribution in [0.5, 0.6) is 0 Å². The van der Waals surface area contributed by atoms with Gasteiger partial charge in [-0.15, -0.1) is 0 Å². The van der Waals surface area contributed by atoms with Crippen molar-refractivity contribution < 1.29 is 8.78 Å². The number of hydrogen-bond acceptors (Lipinski definition) is 2. The SMILES string of the molecule is Fc1cc(F)cc(CCc2cnc3[nH]ncc3c2)c1. The molecular weight excluding hydrogens is 248 g/mol. The number of benzene rings is 1. The second-order valence-electron chi connectivity index (χ2n) is 4.43. The minimum Gasteiger partial charge on any atom is -0.261 e. The van der Waals surface area contributed by atoms with Gasteiger partial charge in [-0.05, 0) is 42.2 Å². The molecule has 2 heterocycles. The van der Waals surface area contributed by atoms with E-state index in [1.807, 2.05) is 6.07 Å². The Balaban J connectivity index is 1.77. The van der Waals surface area contributed by atoms with Crippen LogP contribution in [0.15, 0.2) is 36.7 Å². The molecule has 0 aliphatic rings. The molecule has 0 radical (unpaired) electrons. The van der Waals surface area contributed by atoms with Crippen molar-refractivity contribution in [3.8, 4) is 0 Å². The molecule has 3 rings (SSSR count).